The van der Waals surface area contributed by atoms with E-state index in [1.165, 1.54) is 0 Å². The summed E-state index contributed by atoms with van der Waals surface area (Å²) in [6.45, 7) is 0.962. The Morgan fingerprint density at radius 3 is 2.55 bits per heavy atom. The average Bonchev–Trinajstić information content (AvgIpc) is 2.56. The number of aryl methyl sites for hydroxylation is 1. The molecule has 0 spiro atoms. The summed E-state index contributed by atoms with van der Waals surface area (Å²) in [7, 11) is 4.79. The predicted molar refractivity (Wildman–Crippen MR) is 85.3 cm³/mol. The number of nitrogens with two attached hydrogens (primary N) is 1. The van der Waals surface area contributed by atoms with Crippen LogP contribution in [-0.4, -0.2) is 46.4 Å². The molecule has 0 aliphatic rings. The van der Waals surface area contributed by atoms with Crippen molar-refractivity contribution in [3.63, 3.8) is 0 Å². The molecule has 1 atom stereocenters. The number of nitrogens with one attached hydrogen (secondary N) is 1. The molecule has 6 heteroatoms. The maximum atomic E-state index is 11.7. The summed E-state index contributed by atoms with van der Waals surface area (Å²) in [5.74, 6) is 1.39. The fraction of sp³-hybridized carbons (Fsp3) is 0.562. The van der Waals surface area contributed by atoms with E-state index in [0.29, 0.717) is 25.3 Å². The Labute approximate surface area is 131 Å². The first-order chi connectivity index (χ1) is 10.6. The number of methoxy groups -OCH3 is 3. The van der Waals surface area contributed by atoms with Crippen LogP contribution in [0, 0.1) is 0 Å². The second-order valence-corrected chi connectivity index (χ2v) is 4.94. The summed E-state index contributed by atoms with van der Waals surface area (Å²) >= 11 is 0. The molecule has 0 aliphatic carbocycles. The van der Waals surface area contributed by atoms with E-state index in [1.807, 2.05) is 18.2 Å². The van der Waals surface area contributed by atoms with Crippen LogP contribution in [0.15, 0.2) is 18.2 Å². The number of ether oxygens (including phenoxy) is 3. The van der Waals surface area contributed by atoms with Crippen molar-refractivity contribution in [3.8, 4) is 11.5 Å². The molecule has 1 amide bonds. The van der Waals surface area contributed by atoms with Gasteiger partial charge in [-0.25, -0.2) is 0 Å². The second-order valence-electron chi connectivity index (χ2n) is 4.94. The summed E-state index contributed by atoms with van der Waals surface area (Å²) in [5.41, 5.74) is 6.63. The molecule has 1 unspecified atom stereocenters. The topological polar surface area (TPSA) is 82.8 Å². The summed E-state index contributed by atoms with van der Waals surface area (Å²) in [6, 6.07) is 5.84. The first kappa shape index (κ1) is 18.3. The molecule has 0 heterocycles. The van der Waals surface area contributed by atoms with E-state index in [2.05, 4.69) is 5.32 Å². The summed E-state index contributed by atoms with van der Waals surface area (Å²) in [5, 5.41) is 2.87. The van der Waals surface area contributed by atoms with E-state index in [-0.39, 0.29) is 12.0 Å². The first-order valence-electron chi connectivity index (χ1n) is 7.35. The molecule has 0 radical (unpaired) electrons. The smallest absolute Gasteiger partial charge is 0.222 e. The van der Waals surface area contributed by atoms with Crippen LogP contribution in [-0.2, 0) is 16.0 Å². The molecule has 6 nitrogen and oxygen atoms in total. The van der Waals surface area contributed by atoms with Gasteiger partial charge < -0.3 is 25.3 Å². The number of rotatable bonds is 10. The van der Waals surface area contributed by atoms with Crippen molar-refractivity contribution in [2.45, 2.75) is 25.4 Å². The number of amides is 1. The standard InChI is InChI=1S/C16H26N2O4/c1-20-13(11-17)10-16(19)18-8-4-5-12-6-7-14(21-2)15(9-12)22-3/h6-7,9,13H,4-5,8,10-11,17H2,1-3H3,(H,18,19). The van der Waals surface area contributed by atoms with Gasteiger partial charge in [0, 0.05) is 20.2 Å². The van der Waals surface area contributed by atoms with Gasteiger partial charge in [-0.1, -0.05) is 6.07 Å². The molecule has 1 aromatic carbocycles. The Bertz CT molecular complexity index is 461. The lowest BCUT2D eigenvalue weighted by Crippen LogP contribution is -2.32. The van der Waals surface area contributed by atoms with Crippen molar-refractivity contribution >= 4 is 5.91 Å². The van der Waals surface area contributed by atoms with Gasteiger partial charge in [-0.05, 0) is 30.5 Å². The Balaban J connectivity index is 2.34. The second kappa shape index (κ2) is 10.0. The van der Waals surface area contributed by atoms with Crippen LogP contribution in [0.2, 0.25) is 0 Å². The van der Waals surface area contributed by atoms with E-state index in [1.54, 1.807) is 21.3 Å². The minimum absolute atomic E-state index is 0.0374. The minimum atomic E-state index is -0.217. The molecule has 0 bridgehead atoms. The van der Waals surface area contributed by atoms with Gasteiger partial charge in [0.2, 0.25) is 5.91 Å². The number of carbonyl (C=O) groups excluding carboxylic acids is 1. The van der Waals surface area contributed by atoms with Crippen molar-refractivity contribution in [2.24, 2.45) is 5.73 Å². The van der Waals surface area contributed by atoms with Gasteiger partial charge in [0.15, 0.2) is 11.5 Å². The predicted octanol–water partition coefficient (Wildman–Crippen LogP) is 1.12. The molecule has 22 heavy (non-hydrogen) atoms. The van der Waals surface area contributed by atoms with Gasteiger partial charge in [0.05, 0.1) is 26.7 Å². The first-order valence-corrected chi connectivity index (χ1v) is 7.35. The van der Waals surface area contributed by atoms with Gasteiger partial charge in [0.25, 0.3) is 0 Å². The Morgan fingerprint density at radius 1 is 1.23 bits per heavy atom. The molecule has 0 saturated carbocycles. The maximum Gasteiger partial charge on any atom is 0.222 e. The highest BCUT2D eigenvalue weighted by atomic mass is 16.5. The van der Waals surface area contributed by atoms with Crippen molar-refractivity contribution < 1.29 is 19.0 Å². The van der Waals surface area contributed by atoms with Gasteiger partial charge in [-0.3, -0.25) is 4.79 Å². The van der Waals surface area contributed by atoms with Crippen LogP contribution in [0.4, 0.5) is 0 Å². The lowest BCUT2D eigenvalue weighted by Gasteiger charge is -2.13. The molecule has 0 fully saturated rings. The van der Waals surface area contributed by atoms with Crippen LogP contribution in [0.5, 0.6) is 11.5 Å². The van der Waals surface area contributed by atoms with E-state index in [0.717, 1.165) is 24.2 Å². The highest BCUT2D eigenvalue weighted by Crippen LogP contribution is 2.27. The SMILES string of the molecule is COc1ccc(CCCNC(=O)CC(CN)OC)cc1OC. The summed E-state index contributed by atoms with van der Waals surface area (Å²) in [6.07, 6.45) is 1.78. The van der Waals surface area contributed by atoms with Crippen LogP contribution in [0.3, 0.4) is 0 Å². The highest BCUT2D eigenvalue weighted by Gasteiger charge is 2.10. The number of hydrogen-bond acceptors (Lipinski definition) is 5. The average molecular weight is 310 g/mol. The third kappa shape index (κ3) is 5.91. The lowest BCUT2D eigenvalue weighted by atomic mass is 10.1. The normalized spacial score (nSPS) is 11.8. The fourth-order valence-electron chi connectivity index (χ4n) is 2.10. The van der Waals surface area contributed by atoms with E-state index >= 15 is 0 Å². The van der Waals surface area contributed by atoms with Crippen molar-refractivity contribution in [1.82, 2.24) is 5.32 Å². The molecule has 0 aromatic heterocycles. The molecule has 1 rings (SSSR count). The van der Waals surface area contributed by atoms with Crippen LogP contribution < -0.4 is 20.5 Å². The molecule has 3 N–H and O–H groups in total. The van der Waals surface area contributed by atoms with Crippen molar-refractivity contribution in [1.29, 1.82) is 0 Å². The van der Waals surface area contributed by atoms with Gasteiger partial charge >= 0.3 is 0 Å². The number of benzene rings is 1. The number of hydrogen-bond donors (Lipinski definition) is 2. The molecule has 1 aromatic rings. The van der Waals surface area contributed by atoms with Crippen LogP contribution >= 0.6 is 0 Å². The third-order valence-corrected chi connectivity index (χ3v) is 3.42. The van der Waals surface area contributed by atoms with Crippen LogP contribution in [0.1, 0.15) is 18.4 Å². The van der Waals surface area contributed by atoms with E-state index < -0.39 is 0 Å². The Kier molecular flexibility index (Phi) is 8.32. The van der Waals surface area contributed by atoms with Crippen LogP contribution in [0.25, 0.3) is 0 Å². The zero-order valence-electron chi connectivity index (χ0n) is 13.6. The van der Waals surface area contributed by atoms with Gasteiger partial charge in [-0.15, -0.1) is 0 Å². The zero-order valence-corrected chi connectivity index (χ0v) is 13.6. The molecular formula is C16H26N2O4. The summed E-state index contributed by atoms with van der Waals surface area (Å²) in [4.78, 5) is 11.7. The van der Waals surface area contributed by atoms with E-state index in [4.69, 9.17) is 19.9 Å². The highest BCUT2D eigenvalue weighted by molar-refractivity contribution is 5.76. The molecule has 0 saturated heterocycles. The molecular weight excluding hydrogens is 284 g/mol. The van der Waals surface area contributed by atoms with Gasteiger partial charge in [0.1, 0.15) is 0 Å². The van der Waals surface area contributed by atoms with Crippen molar-refractivity contribution in [3.05, 3.63) is 23.8 Å². The maximum absolute atomic E-state index is 11.7. The Hall–Kier alpha value is -1.79. The molecule has 124 valence electrons. The zero-order chi connectivity index (χ0) is 16.4. The number of carbonyl (C=O) groups is 1. The quantitative estimate of drug-likeness (QED) is 0.633. The van der Waals surface area contributed by atoms with E-state index in [9.17, 15) is 4.79 Å². The monoisotopic (exact) mass is 310 g/mol. The third-order valence-electron chi connectivity index (χ3n) is 3.42. The minimum Gasteiger partial charge on any atom is -0.493 e. The molecule has 0 aliphatic heterocycles. The lowest BCUT2D eigenvalue weighted by molar-refractivity contribution is -0.123. The Morgan fingerprint density at radius 2 is 1.95 bits per heavy atom. The fourth-order valence-corrected chi connectivity index (χ4v) is 2.10. The summed E-state index contributed by atoms with van der Waals surface area (Å²) < 4.78 is 15.6. The van der Waals surface area contributed by atoms with Gasteiger partial charge in [-0.2, -0.15) is 0 Å². The van der Waals surface area contributed by atoms with Crippen molar-refractivity contribution in [2.75, 3.05) is 34.4 Å². The largest absolute Gasteiger partial charge is 0.493 e.